The van der Waals surface area contributed by atoms with E-state index in [1.165, 1.54) is 6.07 Å². The van der Waals surface area contributed by atoms with Crippen LogP contribution in [-0.2, 0) is 16.4 Å². The summed E-state index contributed by atoms with van der Waals surface area (Å²) >= 11 is 0. The Bertz CT molecular complexity index is 433. The van der Waals surface area contributed by atoms with Crippen LogP contribution in [0.15, 0.2) is 24.3 Å². The number of nitrogens with one attached hydrogen (secondary N) is 1. The van der Waals surface area contributed by atoms with Crippen LogP contribution in [0.4, 0.5) is 4.39 Å². The molecule has 0 atom stereocenters. The average Bonchev–Trinajstić information content (AvgIpc) is 2.20. The van der Waals surface area contributed by atoms with Crippen LogP contribution in [0, 0.1) is 5.82 Å². The first-order chi connectivity index (χ1) is 7.55. The first-order valence-corrected chi connectivity index (χ1v) is 6.52. The van der Waals surface area contributed by atoms with Gasteiger partial charge in [0.25, 0.3) is 0 Å². The topological polar surface area (TPSA) is 66.4 Å². The molecule has 2 N–H and O–H groups in total. The highest BCUT2D eigenvalue weighted by molar-refractivity contribution is 7.89. The summed E-state index contributed by atoms with van der Waals surface area (Å²) in [5, 5.41) is 8.48. The van der Waals surface area contributed by atoms with Gasteiger partial charge in [0.2, 0.25) is 10.0 Å². The number of sulfonamides is 1. The number of aliphatic hydroxyl groups excluding tert-OH is 1. The minimum Gasteiger partial charge on any atom is -0.395 e. The third kappa shape index (κ3) is 4.26. The molecular weight excluding hydrogens is 233 g/mol. The molecular formula is C10H14FNO3S. The second-order valence-corrected chi connectivity index (χ2v) is 5.20. The van der Waals surface area contributed by atoms with E-state index < -0.39 is 16.6 Å². The van der Waals surface area contributed by atoms with E-state index in [0.29, 0.717) is 5.56 Å². The van der Waals surface area contributed by atoms with Crippen LogP contribution in [0.5, 0.6) is 0 Å². The van der Waals surface area contributed by atoms with Crippen LogP contribution in [0.3, 0.4) is 0 Å². The van der Waals surface area contributed by atoms with E-state index in [9.17, 15) is 12.8 Å². The highest BCUT2D eigenvalue weighted by Gasteiger charge is 2.08. The van der Waals surface area contributed by atoms with Gasteiger partial charge in [-0.3, -0.25) is 0 Å². The molecule has 1 rings (SSSR count). The van der Waals surface area contributed by atoms with Gasteiger partial charge < -0.3 is 5.11 Å². The predicted molar refractivity (Wildman–Crippen MR) is 59.0 cm³/mol. The van der Waals surface area contributed by atoms with E-state index >= 15 is 0 Å². The molecule has 0 aromatic heterocycles. The van der Waals surface area contributed by atoms with Crippen molar-refractivity contribution in [1.82, 2.24) is 4.72 Å². The van der Waals surface area contributed by atoms with Gasteiger partial charge in [-0.2, -0.15) is 0 Å². The second-order valence-electron chi connectivity index (χ2n) is 3.28. The van der Waals surface area contributed by atoms with Crippen molar-refractivity contribution in [2.45, 2.75) is 6.42 Å². The Balaban J connectivity index is 2.45. The molecule has 0 fully saturated rings. The Morgan fingerprint density at radius 1 is 1.31 bits per heavy atom. The smallest absolute Gasteiger partial charge is 0.213 e. The van der Waals surface area contributed by atoms with Gasteiger partial charge in [0.05, 0.1) is 12.4 Å². The predicted octanol–water partition coefficient (Wildman–Crippen LogP) is 0.280. The minimum absolute atomic E-state index is 0.128. The highest BCUT2D eigenvalue weighted by Crippen LogP contribution is 2.06. The van der Waals surface area contributed by atoms with E-state index in [-0.39, 0.29) is 24.5 Å². The van der Waals surface area contributed by atoms with Crippen LogP contribution in [0.1, 0.15) is 5.56 Å². The lowest BCUT2D eigenvalue weighted by atomic mass is 10.1. The second kappa shape index (κ2) is 5.93. The van der Waals surface area contributed by atoms with Crippen molar-refractivity contribution in [2.75, 3.05) is 18.9 Å². The molecule has 0 heterocycles. The lowest BCUT2D eigenvalue weighted by Crippen LogP contribution is -2.29. The molecule has 0 saturated heterocycles. The molecule has 1 aromatic carbocycles. The van der Waals surface area contributed by atoms with Gasteiger partial charge in [-0.25, -0.2) is 17.5 Å². The lowest BCUT2D eigenvalue weighted by molar-refractivity contribution is 0.319. The standard InChI is InChI=1S/C10H14FNO3S/c11-10-4-2-1-3-9(10)5-6-12-16(14,15)8-7-13/h1-4,12-13H,5-8H2. The molecule has 4 nitrogen and oxygen atoms in total. The maximum atomic E-state index is 13.1. The van der Waals surface area contributed by atoms with E-state index in [2.05, 4.69) is 4.72 Å². The molecule has 0 unspecified atom stereocenters. The zero-order chi connectivity index (χ0) is 12.0. The Morgan fingerprint density at radius 2 is 2.00 bits per heavy atom. The minimum atomic E-state index is -3.44. The fourth-order valence-corrected chi connectivity index (χ4v) is 2.03. The number of hydrogen-bond acceptors (Lipinski definition) is 3. The van der Waals surface area contributed by atoms with Crippen molar-refractivity contribution in [1.29, 1.82) is 0 Å². The van der Waals surface area contributed by atoms with E-state index in [4.69, 9.17) is 5.11 Å². The zero-order valence-corrected chi connectivity index (χ0v) is 9.50. The summed E-state index contributed by atoms with van der Waals surface area (Å²) in [4.78, 5) is 0. The third-order valence-corrected chi connectivity index (χ3v) is 3.40. The van der Waals surface area contributed by atoms with E-state index in [1.807, 2.05) is 0 Å². The van der Waals surface area contributed by atoms with E-state index in [0.717, 1.165) is 0 Å². The van der Waals surface area contributed by atoms with Crippen LogP contribution in [0.25, 0.3) is 0 Å². The molecule has 6 heteroatoms. The lowest BCUT2D eigenvalue weighted by Gasteiger charge is -2.05. The van der Waals surface area contributed by atoms with Gasteiger partial charge >= 0.3 is 0 Å². The first-order valence-electron chi connectivity index (χ1n) is 4.87. The largest absolute Gasteiger partial charge is 0.395 e. The van der Waals surface area contributed by atoms with Crippen molar-refractivity contribution >= 4 is 10.0 Å². The average molecular weight is 247 g/mol. The number of benzene rings is 1. The third-order valence-electron chi connectivity index (χ3n) is 2.03. The Kier molecular flexibility index (Phi) is 4.85. The van der Waals surface area contributed by atoms with Gasteiger partial charge in [-0.15, -0.1) is 0 Å². The van der Waals surface area contributed by atoms with Gasteiger partial charge in [0, 0.05) is 6.54 Å². The summed E-state index contributed by atoms with van der Waals surface area (Å²) < 4.78 is 37.7. The van der Waals surface area contributed by atoms with Crippen LogP contribution < -0.4 is 4.72 Å². The molecule has 0 bridgehead atoms. The van der Waals surface area contributed by atoms with Crippen molar-refractivity contribution in [2.24, 2.45) is 0 Å². The fraction of sp³-hybridized carbons (Fsp3) is 0.400. The number of rotatable bonds is 6. The summed E-state index contributed by atoms with van der Waals surface area (Å²) in [5.74, 6) is -0.673. The summed E-state index contributed by atoms with van der Waals surface area (Å²) in [6.07, 6.45) is 0.289. The molecule has 16 heavy (non-hydrogen) atoms. The molecule has 1 aromatic rings. The summed E-state index contributed by atoms with van der Waals surface area (Å²) in [6, 6.07) is 6.21. The quantitative estimate of drug-likeness (QED) is 0.759. The molecule has 0 amide bonds. The molecule has 0 aliphatic heterocycles. The molecule has 0 radical (unpaired) electrons. The maximum Gasteiger partial charge on any atom is 0.213 e. The SMILES string of the molecule is O=S(=O)(CCO)NCCc1ccccc1F. The van der Waals surface area contributed by atoms with Gasteiger partial charge in [0.1, 0.15) is 5.82 Å². The summed E-state index contributed by atoms with van der Waals surface area (Å²) in [7, 11) is -3.44. The van der Waals surface area contributed by atoms with Crippen molar-refractivity contribution in [3.8, 4) is 0 Å². The van der Waals surface area contributed by atoms with Gasteiger partial charge in [0.15, 0.2) is 0 Å². The van der Waals surface area contributed by atoms with Crippen molar-refractivity contribution in [3.63, 3.8) is 0 Å². The van der Waals surface area contributed by atoms with Crippen LogP contribution in [-0.4, -0.2) is 32.4 Å². The van der Waals surface area contributed by atoms with Crippen LogP contribution >= 0.6 is 0 Å². The molecule has 0 aliphatic rings. The summed E-state index contributed by atoms with van der Waals surface area (Å²) in [5.41, 5.74) is 0.467. The number of hydrogen-bond donors (Lipinski definition) is 2. The first kappa shape index (κ1) is 13.1. The monoisotopic (exact) mass is 247 g/mol. The fourth-order valence-electron chi connectivity index (χ4n) is 1.23. The normalized spacial score (nSPS) is 11.6. The van der Waals surface area contributed by atoms with Gasteiger partial charge in [-0.1, -0.05) is 18.2 Å². The maximum absolute atomic E-state index is 13.1. The number of halogens is 1. The van der Waals surface area contributed by atoms with Crippen LogP contribution in [0.2, 0.25) is 0 Å². The molecule has 90 valence electrons. The summed E-state index contributed by atoms with van der Waals surface area (Å²) in [6.45, 7) is -0.293. The molecule has 0 spiro atoms. The number of aliphatic hydroxyl groups is 1. The Hall–Kier alpha value is -0.980. The molecule has 0 aliphatic carbocycles. The Labute approximate surface area is 94.2 Å². The van der Waals surface area contributed by atoms with Crippen molar-refractivity contribution in [3.05, 3.63) is 35.6 Å². The van der Waals surface area contributed by atoms with Crippen molar-refractivity contribution < 1.29 is 17.9 Å². The zero-order valence-electron chi connectivity index (χ0n) is 8.69. The Morgan fingerprint density at radius 3 is 2.62 bits per heavy atom. The highest BCUT2D eigenvalue weighted by atomic mass is 32.2. The molecule has 0 saturated carbocycles. The van der Waals surface area contributed by atoms with Gasteiger partial charge in [-0.05, 0) is 18.1 Å². The van der Waals surface area contributed by atoms with E-state index in [1.54, 1.807) is 18.2 Å².